The van der Waals surface area contributed by atoms with Crippen LogP contribution in [0, 0.1) is 11.3 Å². The van der Waals surface area contributed by atoms with E-state index in [2.05, 4.69) is 11.5 Å². The second-order valence-corrected chi connectivity index (χ2v) is 4.26. The maximum Gasteiger partial charge on any atom is 0.0991 e. The number of hydrogen-bond donors (Lipinski definition) is 2. The van der Waals surface area contributed by atoms with Crippen LogP contribution in [-0.4, -0.2) is 5.12 Å². The number of nitrogens with one attached hydrogen (secondary N) is 1. The lowest BCUT2D eigenvalue weighted by Gasteiger charge is -2.17. The largest absolute Gasteiger partial charge is 0.255 e. The van der Waals surface area contributed by atoms with Crippen LogP contribution in [0.1, 0.15) is 16.7 Å². The van der Waals surface area contributed by atoms with Crippen LogP contribution in [0.25, 0.3) is 0 Å². The van der Waals surface area contributed by atoms with Crippen LogP contribution < -0.4 is 11.3 Å². The van der Waals surface area contributed by atoms with Gasteiger partial charge in [0.15, 0.2) is 0 Å². The van der Waals surface area contributed by atoms with E-state index in [9.17, 15) is 0 Å². The van der Waals surface area contributed by atoms with Crippen LogP contribution in [0.5, 0.6) is 0 Å². The average molecular weight is 252 g/mol. The summed E-state index contributed by atoms with van der Waals surface area (Å²) < 4.78 is 0. The minimum Gasteiger partial charge on any atom is -0.255 e. The van der Waals surface area contributed by atoms with Crippen molar-refractivity contribution in [2.24, 2.45) is 5.84 Å². The van der Waals surface area contributed by atoms with E-state index in [4.69, 9.17) is 11.1 Å². The number of nitriles is 1. The van der Waals surface area contributed by atoms with Gasteiger partial charge in [0.05, 0.1) is 18.2 Å². The molecule has 19 heavy (non-hydrogen) atoms. The standard InChI is InChI=1S/C15H16N4/c16-10-14-7-4-8-15(9-14)11-18-19(17)12-13-5-2-1-3-6-13/h1-9,18H,11-12,17H2. The Morgan fingerprint density at radius 2 is 1.79 bits per heavy atom. The van der Waals surface area contributed by atoms with Gasteiger partial charge < -0.3 is 0 Å². The molecule has 3 N–H and O–H groups in total. The molecular weight excluding hydrogens is 236 g/mol. The van der Waals surface area contributed by atoms with Gasteiger partial charge >= 0.3 is 0 Å². The Kier molecular flexibility index (Phi) is 4.65. The molecule has 0 aromatic heterocycles. The highest BCUT2D eigenvalue weighted by Crippen LogP contribution is 2.04. The van der Waals surface area contributed by atoms with Gasteiger partial charge in [0.2, 0.25) is 0 Å². The highest BCUT2D eigenvalue weighted by Gasteiger charge is 2.01. The normalized spacial score (nSPS) is 10.4. The van der Waals surface area contributed by atoms with E-state index in [1.165, 1.54) is 0 Å². The van der Waals surface area contributed by atoms with Gasteiger partial charge in [-0.25, -0.2) is 5.43 Å². The summed E-state index contributed by atoms with van der Waals surface area (Å²) in [6.07, 6.45) is 0. The Hall–Kier alpha value is -2.19. The first-order chi connectivity index (χ1) is 9.28. The Bertz CT molecular complexity index is 560. The molecular formula is C15H16N4. The molecule has 4 heteroatoms. The predicted octanol–water partition coefficient (Wildman–Crippen LogP) is 1.94. The van der Waals surface area contributed by atoms with Crippen molar-refractivity contribution in [3.63, 3.8) is 0 Å². The number of benzene rings is 2. The van der Waals surface area contributed by atoms with Gasteiger partial charge in [0, 0.05) is 6.54 Å². The third kappa shape index (κ3) is 4.19. The topological polar surface area (TPSA) is 65.1 Å². The molecule has 4 nitrogen and oxygen atoms in total. The van der Waals surface area contributed by atoms with Crippen molar-refractivity contribution in [3.05, 3.63) is 71.3 Å². The quantitative estimate of drug-likeness (QED) is 0.630. The molecule has 0 saturated heterocycles. The molecule has 2 aromatic rings. The van der Waals surface area contributed by atoms with Crippen molar-refractivity contribution < 1.29 is 0 Å². The Labute approximate surface area is 113 Å². The second kappa shape index (κ2) is 6.66. The lowest BCUT2D eigenvalue weighted by molar-refractivity contribution is 0.178. The van der Waals surface area contributed by atoms with E-state index in [0.717, 1.165) is 11.1 Å². The van der Waals surface area contributed by atoms with Gasteiger partial charge in [-0.15, -0.1) is 0 Å². The van der Waals surface area contributed by atoms with Crippen molar-refractivity contribution in [2.75, 3.05) is 0 Å². The molecule has 0 saturated carbocycles. The fourth-order valence-corrected chi connectivity index (χ4v) is 1.78. The van der Waals surface area contributed by atoms with E-state index in [-0.39, 0.29) is 0 Å². The van der Waals surface area contributed by atoms with Crippen molar-refractivity contribution in [3.8, 4) is 6.07 Å². The summed E-state index contributed by atoms with van der Waals surface area (Å²) in [5, 5.41) is 10.4. The number of nitrogens with two attached hydrogens (primary N) is 1. The number of hydrogen-bond acceptors (Lipinski definition) is 4. The first-order valence-corrected chi connectivity index (χ1v) is 6.06. The van der Waals surface area contributed by atoms with Gasteiger partial charge in [0.25, 0.3) is 0 Å². The number of nitrogens with zero attached hydrogens (tertiary/aromatic N) is 2. The molecule has 0 bridgehead atoms. The summed E-state index contributed by atoms with van der Waals surface area (Å²) in [7, 11) is 0. The van der Waals surface area contributed by atoms with Crippen LogP contribution in [0.15, 0.2) is 54.6 Å². The smallest absolute Gasteiger partial charge is 0.0991 e. The zero-order chi connectivity index (χ0) is 13.5. The summed E-state index contributed by atoms with van der Waals surface area (Å²) in [6.45, 7) is 1.22. The lowest BCUT2D eigenvalue weighted by atomic mass is 10.1. The van der Waals surface area contributed by atoms with Crippen molar-refractivity contribution in [1.82, 2.24) is 10.5 Å². The molecule has 0 spiro atoms. The summed E-state index contributed by atoms with van der Waals surface area (Å²) in [6, 6.07) is 19.6. The summed E-state index contributed by atoms with van der Waals surface area (Å²) >= 11 is 0. The van der Waals surface area contributed by atoms with E-state index in [1.54, 1.807) is 11.2 Å². The van der Waals surface area contributed by atoms with E-state index in [1.807, 2.05) is 48.5 Å². The molecule has 0 radical (unpaired) electrons. The van der Waals surface area contributed by atoms with E-state index < -0.39 is 0 Å². The molecule has 0 aliphatic carbocycles. The molecule has 2 rings (SSSR count). The summed E-state index contributed by atoms with van der Waals surface area (Å²) in [4.78, 5) is 0. The first-order valence-electron chi connectivity index (χ1n) is 6.06. The van der Waals surface area contributed by atoms with Crippen LogP contribution in [0.3, 0.4) is 0 Å². The molecule has 0 unspecified atom stereocenters. The first kappa shape index (κ1) is 13.2. The second-order valence-electron chi connectivity index (χ2n) is 4.26. The Morgan fingerprint density at radius 1 is 1.05 bits per heavy atom. The third-order valence-corrected chi connectivity index (χ3v) is 2.74. The van der Waals surface area contributed by atoms with Crippen LogP contribution in [0.2, 0.25) is 0 Å². The van der Waals surface area contributed by atoms with Gasteiger partial charge in [-0.1, -0.05) is 42.5 Å². The third-order valence-electron chi connectivity index (χ3n) is 2.74. The Morgan fingerprint density at radius 3 is 2.53 bits per heavy atom. The molecule has 0 heterocycles. The SMILES string of the molecule is N#Cc1cccc(CNN(N)Cc2ccccc2)c1. The summed E-state index contributed by atoms with van der Waals surface area (Å²) in [5.74, 6) is 5.88. The molecule has 0 aliphatic heterocycles. The lowest BCUT2D eigenvalue weighted by Crippen LogP contribution is -2.42. The van der Waals surface area contributed by atoms with Gasteiger partial charge in [-0.2, -0.15) is 10.4 Å². The van der Waals surface area contributed by atoms with Crippen molar-refractivity contribution in [2.45, 2.75) is 13.1 Å². The van der Waals surface area contributed by atoms with Gasteiger partial charge in [0.1, 0.15) is 0 Å². The Balaban J connectivity index is 1.86. The zero-order valence-corrected chi connectivity index (χ0v) is 10.6. The van der Waals surface area contributed by atoms with Crippen molar-refractivity contribution in [1.29, 1.82) is 5.26 Å². The molecule has 0 atom stereocenters. The van der Waals surface area contributed by atoms with E-state index in [0.29, 0.717) is 18.7 Å². The minimum absolute atomic E-state index is 0.596. The molecule has 0 aliphatic rings. The average Bonchev–Trinajstić information content (AvgIpc) is 2.46. The van der Waals surface area contributed by atoms with Crippen LogP contribution in [-0.2, 0) is 13.1 Å². The fraction of sp³-hybridized carbons (Fsp3) is 0.133. The highest BCUT2D eigenvalue weighted by atomic mass is 15.7. The molecule has 96 valence electrons. The molecule has 0 fully saturated rings. The highest BCUT2D eigenvalue weighted by molar-refractivity contribution is 5.32. The predicted molar refractivity (Wildman–Crippen MR) is 74.2 cm³/mol. The number of hydrazine groups is 2. The fourth-order valence-electron chi connectivity index (χ4n) is 1.78. The minimum atomic E-state index is 0.596. The van der Waals surface area contributed by atoms with Crippen LogP contribution >= 0.6 is 0 Å². The van der Waals surface area contributed by atoms with Crippen molar-refractivity contribution >= 4 is 0 Å². The maximum absolute atomic E-state index is 8.83. The van der Waals surface area contributed by atoms with Gasteiger partial charge in [-0.3, -0.25) is 5.84 Å². The number of rotatable bonds is 5. The van der Waals surface area contributed by atoms with Gasteiger partial charge in [-0.05, 0) is 23.3 Å². The monoisotopic (exact) mass is 252 g/mol. The zero-order valence-electron chi connectivity index (χ0n) is 10.6. The molecule has 2 aromatic carbocycles. The van der Waals surface area contributed by atoms with Crippen LogP contribution in [0.4, 0.5) is 0 Å². The maximum atomic E-state index is 8.83. The summed E-state index contributed by atoms with van der Waals surface area (Å²) in [5.41, 5.74) is 5.93. The van der Waals surface area contributed by atoms with E-state index >= 15 is 0 Å². The molecule has 0 amide bonds.